The third-order valence-electron chi connectivity index (χ3n) is 2.25. The number of morpholine rings is 1. The summed E-state index contributed by atoms with van der Waals surface area (Å²) in [4.78, 5) is 10.4. The number of nitrogens with zero attached hydrogens (tertiary/aromatic N) is 3. The average Bonchev–Trinajstić information content (AvgIpc) is 2.18. The van der Waals surface area contributed by atoms with Crippen molar-refractivity contribution in [3.05, 3.63) is 17.5 Å². The number of aromatic nitrogens is 2. The highest BCUT2D eigenvalue weighted by Crippen LogP contribution is 2.17. The molecule has 1 aliphatic rings. The maximum absolute atomic E-state index is 5.78. The molecule has 2 rings (SSSR count). The number of ether oxygens (including phenoxy) is 1. The molecule has 0 N–H and O–H groups in total. The van der Waals surface area contributed by atoms with Gasteiger partial charge in [-0.05, 0) is 6.92 Å². The zero-order valence-electron chi connectivity index (χ0n) is 7.98. The van der Waals surface area contributed by atoms with Gasteiger partial charge in [0.1, 0.15) is 11.0 Å². The third kappa shape index (κ3) is 1.96. The summed E-state index contributed by atoms with van der Waals surface area (Å²) in [5.74, 6) is 0.827. The summed E-state index contributed by atoms with van der Waals surface area (Å²) < 4.78 is 5.34. The Kier molecular flexibility index (Phi) is 2.84. The molecule has 2 heterocycles. The predicted molar refractivity (Wildman–Crippen MR) is 54.7 cm³/mol. The fourth-order valence-corrected chi connectivity index (χ4v) is 1.68. The molecule has 0 amide bonds. The topological polar surface area (TPSA) is 38.2 Å². The highest BCUT2D eigenvalue weighted by atomic mass is 35.5. The number of anilines is 1. The summed E-state index contributed by atoms with van der Waals surface area (Å²) in [6, 6.07) is 0.330. The Morgan fingerprint density at radius 2 is 2.43 bits per heavy atom. The normalized spacial score (nSPS) is 22.4. The minimum Gasteiger partial charge on any atom is -0.377 e. The van der Waals surface area contributed by atoms with Crippen LogP contribution in [-0.2, 0) is 4.74 Å². The van der Waals surface area contributed by atoms with Crippen LogP contribution in [0.15, 0.2) is 12.4 Å². The first-order valence-corrected chi connectivity index (χ1v) is 4.97. The molecule has 1 aliphatic heterocycles. The van der Waals surface area contributed by atoms with E-state index in [0.717, 1.165) is 25.6 Å². The Morgan fingerprint density at radius 3 is 3.14 bits per heavy atom. The lowest BCUT2D eigenvalue weighted by molar-refractivity contribution is 0.0985. The molecule has 0 saturated carbocycles. The van der Waals surface area contributed by atoms with E-state index in [2.05, 4.69) is 21.8 Å². The van der Waals surface area contributed by atoms with E-state index in [1.54, 1.807) is 6.20 Å². The van der Waals surface area contributed by atoms with Crippen molar-refractivity contribution in [3.63, 3.8) is 0 Å². The van der Waals surface area contributed by atoms with Gasteiger partial charge in [-0.15, -0.1) is 0 Å². The number of hydrogen-bond donors (Lipinski definition) is 0. The Balaban J connectivity index is 2.20. The maximum Gasteiger partial charge on any atom is 0.149 e. The summed E-state index contributed by atoms with van der Waals surface area (Å²) in [6.07, 6.45) is 3.27. The largest absolute Gasteiger partial charge is 0.377 e. The molecular formula is C9H12ClN3O. The molecule has 4 nitrogen and oxygen atoms in total. The Labute approximate surface area is 87.9 Å². The van der Waals surface area contributed by atoms with E-state index in [9.17, 15) is 0 Å². The van der Waals surface area contributed by atoms with Crippen LogP contribution in [-0.4, -0.2) is 35.8 Å². The van der Waals surface area contributed by atoms with E-state index in [0.29, 0.717) is 11.2 Å². The molecule has 76 valence electrons. The molecule has 0 aliphatic carbocycles. The van der Waals surface area contributed by atoms with E-state index < -0.39 is 0 Å². The molecule has 5 heteroatoms. The third-order valence-corrected chi connectivity index (χ3v) is 2.44. The lowest BCUT2D eigenvalue weighted by Gasteiger charge is -2.33. The van der Waals surface area contributed by atoms with Gasteiger partial charge in [0.15, 0.2) is 0 Å². The molecule has 1 aromatic rings. The van der Waals surface area contributed by atoms with Crippen LogP contribution in [0.4, 0.5) is 5.82 Å². The molecule has 0 bridgehead atoms. The van der Waals surface area contributed by atoms with Gasteiger partial charge < -0.3 is 9.64 Å². The summed E-state index contributed by atoms with van der Waals surface area (Å²) in [6.45, 7) is 4.41. The second-order valence-corrected chi connectivity index (χ2v) is 3.70. The first kappa shape index (κ1) is 9.68. The van der Waals surface area contributed by atoms with Gasteiger partial charge >= 0.3 is 0 Å². The van der Waals surface area contributed by atoms with Gasteiger partial charge in [-0.2, -0.15) is 0 Å². The van der Waals surface area contributed by atoms with Crippen molar-refractivity contribution in [3.8, 4) is 0 Å². The van der Waals surface area contributed by atoms with E-state index in [1.807, 2.05) is 0 Å². The van der Waals surface area contributed by atoms with Gasteiger partial charge in [-0.1, -0.05) is 11.6 Å². The summed E-state index contributed by atoms with van der Waals surface area (Å²) in [5.41, 5.74) is 0. The highest BCUT2D eigenvalue weighted by molar-refractivity contribution is 6.29. The second-order valence-electron chi connectivity index (χ2n) is 3.32. The van der Waals surface area contributed by atoms with Crippen LogP contribution >= 0.6 is 11.6 Å². The molecule has 14 heavy (non-hydrogen) atoms. The van der Waals surface area contributed by atoms with Crippen molar-refractivity contribution in [2.45, 2.75) is 13.0 Å². The molecule has 1 saturated heterocycles. The Morgan fingerprint density at radius 1 is 1.57 bits per heavy atom. The van der Waals surface area contributed by atoms with Crippen LogP contribution in [0.3, 0.4) is 0 Å². The zero-order chi connectivity index (χ0) is 9.97. The zero-order valence-corrected chi connectivity index (χ0v) is 8.74. The fourth-order valence-electron chi connectivity index (χ4n) is 1.54. The van der Waals surface area contributed by atoms with Crippen molar-refractivity contribution in [2.75, 3.05) is 24.7 Å². The molecule has 1 aromatic heterocycles. The summed E-state index contributed by atoms with van der Waals surface area (Å²) in [7, 11) is 0. The van der Waals surface area contributed by atoms with Crippen LogP contribution in [0.1, 0.15) is 6.92 Å². The molecule has 0 unspecified atom stereocenters. The SMILES string of the molecule is C[C@@H]1COCCN1c1cncc(Cl)n1. The van der Waals surface area contributed by atoms with Crippen LogP contribution in [0.2, 0.25) is 5.15 Å². The van der Waals surface area contributed by atoms with Gasteiger partial charge in [0.25, 0.3) is 0 Å². The number of halogens is 1. The first-order chi connectivity index (χ1) is 6.77. The van der Waals surface area contributed by atoms with Crippen LogP contribution in [0.5, 0.6) is 0 Å². The summed E-state index contributed by atoms with van der Waals surface area (Å²) >= 11 is 5.78. The monoisotopic (exact) mass is 213 g/mol. The van der Waals surface area contributed by atoms with Gasteiger partial charge in [0.2, 0.25) is 0 Å². The highest BCUT2D eigenvalue weighted by Gasteiger charge is 2.20. The standard InChI is InChI=1S/C9H12ClN3O/c1-7-6-14-3-2-13(7)9-5-11-4-8(10)12-9/h4-5,7H,2-3,6H2,1H3/t7-/m1/s1. The quantitative estimate of drug-likeness (QED) is 0.706. The fraction of sp³-hybridized carbons (Fsp3) is 0.556. The van der Waals surface area contributed by atoms with E-state index >= 15 is 0 Å². The van der Waals surface area contributed by atoms with Crippen molar-refractivity contribution in [1.82, 2.24) is 9.97 Å². The molecule has 0 radical (unpaired) electrons. The summed E-state index contributed by atoms with van der Waals surface area (Å²) in [5, 5.41) is 0.432. The van der Waals surface area contributed by atoms with Gasteiger partial charge in [-0.25, -0.2) is 4.98 Å². The predicted octanol–water partition coefficient (Wildman–Crippen LogP) is 1.36. The van der Waals surface area contributed by atoms with Crippen molar-refractivity contribution >= 4 is 17.4 Å². The smallest absolute Gasteiger partial charge is 0.149 e. The van der Waals surface area contributed by atoms with Crippen LogP contribution < -0.4 is 4.90 Å². The van der Waals surface area contributed by atoms with Crippen LogP contribution in [0.25, 0.3) is 0 Å². The minimum absolute atomic E-state index is 0.330. The van der Waals surface area contributed by atoms with Crippen molar-refractivity contribution in [1.29, 1.82) is 0 Å². The molecule has 0 spiro atoms. The van der Waals surface area contributed by atoms with Crippen molar-refractivity contribution in [2.24, 2.45) is 0 Å². The van der Waals surface area contributed by atoms with Gasteiger partial charge in [-0.3, -0.25) is 4.98 Å². The van der Waals surface area contributed by atoms with Gasteiger partial charge in [0.05, 0.1) is 31.6 Å². The number of rotatable bonds is 1. The lowest BCUT2D eigenvalue weighted by atomic mass is 10.2. The molecule has 0 aromatic carbocycles. The Hall–Kier alpha value is -0.870. The second kappa shape index (κ2) is 4.11. The minimum atomic E-state index is 0.330. The maximum atomic E-state index is 5.78. The van der Waals surface area contributed by atoms with Crippen molar-refractivity contribution < 1.29 is 4.74 Å². The lowest BCUT2D eigenvalue weighted by Crippen LogP contribution is -2.44. The number of hydrogen-bond acceptors (Lipinski definition) is 4. The Bertz CT molecular complexity index is 321. The van der Waals surface area contributed by atoms with Gasteiger partial charge in [0, 0.05) is 6.54 Å². The molecule has 1 fully saturated rings. The molecular weight excluding hydrogens is 202 g/mol. The first-order valence-electron chi connectivity index (χ1n) is 4.59. The average molecular weight is 214 g/mol. The van der Waals surface area contributed by atoms with E-state index in [4.69, 9.17) is 16.3 Å². The van der Waals surface area contributed by atoms with E-state index in [-0.39, 0.29) is 0 Å². The molecule has 1 atom stereocenters. The van der Waals surface area contributed by atoms with E-state index in [1.165, 1.54) is 6.20 Å². The van der Waals surface area contributed by atoms with Crippen LogP contribution in [0, 0.1) is 0 Å².